The molecule has 0 spiro atoms. The number of esters is 4. The minimum Gasteiger partial charge on any atom is -0.459 e. The van der Waals surface area contributed by atoms with Crippen molar-refractivity contribution >= 4 is 48.2 Å². The molecule has 8 rings (SSSR count). The minimum atomic E-state index is -0.237. The van der Waals surface area contributed by atoms with Crippen molar-refractivity contribution in [3.63, 3.8) is 0 Å². The highest BCUT2D eigenvalue weighted by atomic mass is 16.5. The zero-order chi connectivity index (χ0) is 63.5. The Bertz CT molecular complexity index is 2910. The van der Waals surface area contributed by atoms with Gasteiger partial charge in [0.15, 0.2) is 0 Å². The van der Waals surface area contributed by atoms with Crippen LogP contribution in [-0.2, 0) is 38.1 Å². The lowest BCUT2D eigenvalue weighted by Crippen LogP contribution is -2.56. The minimum absolute atomic E-state index is 0.114. The summed E-state index contributed by atoms with van der Waals surface area (Å²) in [7, 11) is 6.25. The van der Waals surface area contributed by atoms with E-state index in [9.17, 15) is 19.2 Å². The van der Waals surface area contributed by atoms with Crippen LogP contribution in [0.2, 0.25) is 0 Å². The number of carbonyl (C=O) groups excluding carboxylic acids is 4. The molecule has 0 aromatic heterocycles. The second-order valence-electron chi connectivity index (χ2n) is 25.0. The lowest BCUT2D eigenvalue weighted by molar-refractivity contribution is -0.948. The van der Waals surface area contributed by atoms with Gasteiger partial charge in [0, 0.05) is 0 Å². The van der Waals surface area contributed by atoms with Gasteiger partial charge in [-0.1, -0.05) is 180 Å². The number of benzene rings is 4. The quantitative estimate of drug-likeness (QED) is 0.0289. The Balaban J connectivity index is 0.000000213. The molecule has 4 aliphatic carbocycles. The number of hydrogen-bond donors (Lipinski definition) is 0. The van der Waals surface area contributed by atoms with Gasteiger partial charge in [-0.3, -0.25) is 19.2 Å². The van der Waals surface area contributed by atoms with Gasteiger partial charge in [-0.2, -0.15) is 0 Å². The second kappa shape index (κ2) is 35.5. The summed E-state index contributed by atoms with van der Waals surface area (Å²) < 4.78 is 26.1. The molecule has 0 radical (unpaired) electrons. The number of unbranched alkanes of at least 4 members (excludes halogenated alkanes) is 1. The van der Waals surface area contributed by atoms with Crippen LogP contribution in [0.15, 0.2) is 121 Å². The van der Waals surface area contributed by atoms with Crippen LogP contribution < -0.4 is 0 Å². The van der Waals surface area contributed by atoms with Gasteiger partial charge < -0.3 is 36.9 Å². The molecule has 4 aromatic rings. The summed E-state index contributed by atoms with van der Waals surface area (Å²) in [5.41, 5.74) is 8.74. The maximum atomic E-state index is 12.5. The Hall–Kier alpha value is -6.44. The number of quaternary nitrogens is 4. The molecule has 0 saturated carbocycles. The third-order valence-electron chi connectivity index (χ3n) is 18.8. The Kier molecular flexibility index (Phi) is 29.1. The molecule has 87 heavy (non-hydrogen) atoms. The summed E-state index contributed by atoms with van der Waals surface area (Å²) in [4.78, 5) is 49.3. The molecular formula is C75H110N4O8+4. The average molecular weight is 1200 g/mol. The van der Waals surface area contributed by atoms with Gasteiger partial charge in [0.25, 0.3) is 0 Å². The molecule has 0 bridgehead atoms. The number of fused-ring (bicyclic) bond motifs is 4. The number of rotatable bonds is 30. The topological polar surface area (TPSA) is 105 Å². The Morgan fingerprint density at radius 3 is 1.00 bits per heavy atom. The van der Waals surface area contributed by atoms with E-state index in [1.54, 1.807) is 0 Å². The highest BCUT2D eigenvalue weighted by Gasteiger charge is 2.33. The molecule has 12 nitrogen and oxygen atoms in total. The van der Waals surface area contributed by atoms with Gasteiger partial charge in [0.05, 0.1) is 79.5 Å². The molecule has 474 valence electrons. The average Bonchev–Trinajstić information content (AvgIpc) is 3.80. The molecule has 7 unspecified atom stereocenters. The van der Waals surface area contributed by atoms with E-state index in [1.165, 1.54) is 32.4 Å². The highest BCUT2D eigenvalue weighted by Crippen LogP contribution is 2.34. The number of ether oxygens (including phenoxy) is 4. The first-order chi connectivity index (χ1) is 41.9. The molecular weight excluding hydrogens is 1080 g/mol. The standard InChI is InChI=1S/2C21H32NO2.C18H26NO2.C15H20NO2/c1-5-14-22(7-3,17(4)6-2)15-16-24-21(23)20-13-12-18-10-8-9-11-19(18)20;1-4-7-15-22(6-3,14-5-2)16-17-24-21(23)20-13-12-18-10-8-9-11-19(18)20;1-4-19(5-2,6-3)13-14-21-18(20)17-12-11-15-9-7-8-10-16(15)17;1-16(2,3)10-11-18-15(17)14-9-8-12-6-4-5-7-13(12)14/h8-13,17,20H,5-7,14-16H2,1-4H3;8-13,20H,4-7,14-17H2,1-3H3;7-12,17H,4-6,13-14H2,1-3H3;4-9,14H,10-11H2,1-3H3/q4*+1. The van der Waals surface area contributed by atoms with Crippen LogP contribution in [-0.4, -0.2) is 174 Å². The maximum absolute atomic E-state index is 12.5. The third-order valence-corrected chi connectivity index (χ3v) is 18.8. The predicted octanol–water partition coefficient (Wildman–Crippen LogP) is 14.0. The van der Waals surface area contributed by atoms with Crippen molar-refractivity contribution in [2.75, 3.05) is 126 Å². The van der Waals surface area contributed by atoms with Gasteiger partial charge in [-0.25, -0.2) is 0 Å². The van der Waals surface area contributed by atoms with Crippen molar-refractivity contribution in [3.8, 4) is 0 Å². The van der Waals surface area contributed by atoms with E-state index >= 15 is 0 Å². The molecule has 4 aliphatic rings. The number of hydrogen-bond acceptors (Lipinski definition) is 8. The van der Waals surface area contributed by atoms with E-state index in [1.807, 2.05) is 146 Å². The van der Waals surface area contributed by atoms with E-state index < -0.39 is 0 Å². The monoisotopic (exact) mass is 1190 g/mol. The molecule has 0 saturated heterocycles. The van der Waals surface area contributed by atoms with Crippen molar-refractivity contribution < 1.29 is 56.1 Å². The van der Waals surface area contributed by atoms with Gasteiger partial charge in [0.1, 0.15) is 76.3 Å². The van der Waals surface area contributed by atoms with Crippen LogP contribution in [0.3, 0.4) is 0 Å². The van der Waals surface area contributed by atoms with Crippen LogP contribution in [0.1, 0.15) is 170 Å². The first-order valence-corrected chi connectivity index (χ1v) is 33.0. The summed E-state index contributed by atoms with van der Waals surface area (Å²) in [6, 6.07) is 32.6. The molecule has 4 aromatic carbocycles. The van der Waals surface area contributed by atoms with Crippen LogP contribution in [0.25, 0.3) is 24.3 Å². The Labute approximate surface area is 524 Å². The molecule has 0 aliphatic heterocycles. The predicted molar refractivity (Wildman–Crippen MR) is 358 cm³/mol. The first-order valence-electron chi connectivity index (χ1n) is 33.0. The van der Waals surface area contributed by atoms with Crippen molar-refractivity contribution in [2.24, 2.45) is 0 Å². The number of likely N-dealkylation sites (N-methyl/N-ethyl adjacent to an activating group) is 4. The summed E-state index contributed by atoms with van der Waals surface area (Å²) in [6.07, 6.45) is 21.7. The molecule has 0 heterocycles. The van der Waals surface area contributed by atoms with Crippen molar-refractivity contribution in [3.05, 3.63) is 166 Å². The molecule has 0 fully saturated rings. The van der Waals surface area contributed by atoms with Gasteiger partial charge in [-0.15, -0.1) is 0 Å². The lowest BCUT2D eigenvalue weighted by atomic mass is 10.0. The smallest absolute Gasteiger partial charge is 0.317 e. The van der Waals surface area contributed by atoms with E-state index in [0.29, 0.717) is 32.5 Å². The summed E-state index contributed by atoms with van der Waals surface area (Å²) >= 11 is 0. The fraction of sp³-hybridized carbons (Fsp3) is 0.520. The fourth-order valence-electron chi connectivity index (χ4n) is 12.5. The molecule has 0 amide bonds. The fourth-order valence-corrected chi connectivity index (χ4v) is 12.5. The SMILES string of the molecule is CCCC[N+](CC)(CCC)CCOC(=O)C1C=Cc2ccccc21.CCC[N+](CC)(CCOC(=O)C1C=Cc2ccccc21)C(C)CC.CC[N+](CC)(CC)CCOC(=O)C1C=Cc2ccccc21.C[N+](C)(C)CCOC(=O)C1C=Cc2ccccc21. The van der Waals surface area contributed by atoms with Crippen molar-refractivity contribution in [1.82, 2.24) is 0 Å². The van der Waals surface area contributed by atoms with E-state index in [0.717, 1.165) is 141 Å². The Morgan fingerprint density at radius 1 is 0.379 bits per heavy atom. The zero-order valence-corrected chi connectivity index (χ0v) is 55.6. The van der Waals surface area contributed by atoms with Crippen molar-refractivity contribution in [2.45, 2.75) is 131 Å². The maximum Gasteiger partial charge on any atom is 0.317 e. The van der Waals surface area contributed by atoms with Crippen molar-refractivity contribution in [1.29, 1.82) is 0 Å². The number of nitrogens with zero attached hydrogens (tertiary/aromatic N) is 4. The van der Waals surface area contributed by atoms with Crippen LogP contribution in [0, 0.1) is 0 Å². The van der Waals surface area contributed by atoms with Crippen LogP contribution >= 0.6 is 0 Å². The summed E-state index contributed by atoms with van der Waals surface area (Å²) in [5, 5.41) is 0. The van der Waals surface area contributed by atoms with Gasteiger partial charge in [0.2, 0.25) is 0 Å². The van der Waals surface area contributed by atoms with E-state index in [4.69, 9.17) is 18.9 Å². The van der Waals surface area contributed by atoms with Crippen LogP contribution in [0.5, 0.6) is 0 Å². The number of carbonyl (C=O) groups is 4. The Morgan fingerprint density at radius 2 is 0.701 bits per heavy atom. The van der Waals surface area contributed by atoms with Gasteiger partial charge >= 0.3 is 23.9 Å². The molecule has 7 atom stereocenters. The van der Waals surface area contributed by atoms with Gasteiger partial charge in [-0.05, 0) is 112 Å². The highest BCUT2D eigenvalue weighted by molar-refractivity contribution is 5.88. The zero-order valence-electron chi connectivity index (χ0n) is 55.6. The largest absolute Gasteiger partial charge is 0.459 e. The first kappa shape index (κ1) is 71.3. The summed E-state index contributed by atoms with van der Waals surface area (Å²) in [6.45, 7) is 36.8. The second-order valence-corrected chi connectivity index (χ2v) is 25.0. The summed E-state index contributed by atoms with van der Waals surface area (Å²) in [5.74, 6) is -1.43. The third kappa shape index (κ3) is 20.3. The molecule has 0 N–H and O–H groups in total. The molecule has 12 heteroatoms. The van der Waals surface area contributed by atoms with E-state index in [2.05, 4.69) is 90.4 Å². The normalized spacial score (nSPS) is 18.1. The van der Waals surface area contributed by atoms with E-state index in [-0.39, 0.29) is 47.5 Å². The van der Waals surface area contributed by atoms with Crippen LogP contribution in [0.4, 0.5) is 0 Å². The lowest BCUT2D eigenvalue weighted by Gasteiger charge is -2.42.